The zero-order valence-electron chi connectivity index (χ0n) is 12.1. The number of furan rings is 1. The van der Waals surface area contributed by atoms with Gasteiger partial charge in [0.1, 0.15) is 11.3 Å². The summed E-state index contributed by atoms with van der Waals surface area (Å²) < 4.78 is 11.1. The van der Waals surface area contributed by atoms with E-state index in [-0.39, 0.29) is 12.4 Å². The molecule has 2 aromatic carbocycles. The number of benzene rings is 2. The zero-order chi connectivity index (χ0) is 14.8. The van der Waals surface area contributed by atoms with Crippen LogP contribution < -0.4 is 4.74 Å². The molecule has 3 nitrogen and oxygen atoms in total. The number of rotatable bonds is 4. The molecule has 3 aromatic rings. The fourth-order valence-electron chi connectivity index (χ4n) is 2.36. The van der Waals surface area contributed by atoms with Gasteiger partial charge >= 0.3 is 0 Å². The number of ether oxygens (including phenoxy) is 1. The van der Waals surface area contributed by atoms with Crippen LogP contribution in [0.2, 0.25) is 0 Å². The van der Waals surface area contributed by atoms with Gasteiger partial charge in [0.15, 0.2) is 12.4 Å². The molecule has 0 unspecified atom stereocenters. The summed E-state index contributed by atoms with van der Waals surface area (Å²) in [5, 5.41) is 0.923. The van der Waals surface area contributed by atoms with Gasteiger partial charge in [0.05, 0.1) is 0 Å². The van der Waals surface area contributed by atoms with Crippen LogP contribution >= 0.6 is 0 Å². The number of hydrogen-bond donors (Lipinski definition) is 0. The van der Waals surface area contributed by atoms with E-state index >= 15 is 0 Å². The molecule has 0 saturated heterocycles. The lowest BCUT2D eigenvalue weighted by molar-refractivity contribution is 0.0896. The van der Waals surface area contributed by atoms with E-state index < -0.39 is 0 Å². The topological polar surface area (TPSA) is 39.4 Å². The molecule has 0 fully saturated rings. The lowest BCUT2D eigenvalue weighted by Gasteiger charge is -2.06. The van der Waals surface area contributed by atoms with Crippen LogP contribution in [0.1, 0.15) is 21.7 Å². The Balaban J connectivity index is 1.74. The maximum absolute atomic E-state index is 12.1. The quantitative estimate of drug-likeness (QED) is 0.668. The van der Waals surface area contributed by atoms with Crippen LogP contribution in [0.5, 0.6) is 5.75 Å². The zero-order valence-corrected chi connectivity index (χ0v) is 12.1. The first-order valence-electron chi connectivity index (χ1n) is 6.85. The molecule has 21 heavy (non-hydrogen) atoms. The predicted molar refractivity (Wildman–Crippen MR) is 82.0 cm³/mol. The number of fused-ring (bicyclic) bond motifs is 1. The third kappa shape index (κ3) is 2.97. The molecule has 0 N–H and O–H groups in total. The minimum absolute atomic E-state index is 0.0251. The van der Waals surface area contributed by atoms with Crippen molar-refractivity contribution in [2.24, 2.45) is 0 Å². The molecule has 1 aromatic heterocycles. The molecule has 0 spiro atoms. The van der Waals surface area contributed by atoms with Crippen molar-refractivity contribution in [3.05, 3.63) is 65.4 Å². The molecular formula is C18H16O3. The normalized spacial score (nSPS) is 10.8. The Morgan fingerprint density at radius 3 is 2.48 bits per heavy atom. The molecule has 3 heteroatoms. The molecule has 0 radical (unpaired) electrons. The van der Waals surface area contributed by atoms with Crippen molar-refractivity contribution in [1.29, 1.82) is 0 Å². The van der Waals surface area contributed by atoms with Crippen molar-refractivity contribution in [2.45, 2.75) is 13.8 Å². The average molecular weight is 280 g/mol. The Kier molecular flexibility index (Phi) is 3.48. The molecule has 0 amide bonds. The van der Waals surface area contributed by atoms with Crippen LogP contribution in [-0.2, 0) is 0 Å². The average Bonchev–Trinajstić information content (AvgIpc) is 2.87. The van der Waals surface area contributed by atoms with Gasteiger partial charge in [-0.05, 0) is 49.2 Å². The Labute approximate surface area is 123 Å². The van der Waals surface area contributed by atoms with Crippen LogP contribution in [0.15, 0.2) is 52.9 Å². The van der Waals surface area contributed by atoms with Crippen LogP contribution in [0.4, 0.5) is 0 Å². The molecule has 0 aliphatic rings. The van der Waals surface area contributed by atoms with Gasteiger partial charge in [-0.15, -0.1) is 0 Å². The first kappa shape index (κ1) is 13.4. The van der Waals surface area contributed by atoms with E-state index in [2.05, 4.69) is 6.07 Å². The Bertz CT molecular complexity index is 746. The maximum atomic E-state index is 12.1. The Morgan fingerprint density at radius 1 is 1.05 bits per heavy atom. The summed E-state index contributed by atoms with van der Waals surface area (Å²) in [5.41, 5.74) is 2.94. The highest BCUT2D eigenvalue weighted by Gasteiger charge is 2.13. The second-order valence-electron chi connectivity index (χ2n) is 5.18. The summed E-state index contributed by atoms with van der Waals surface area (Å²) in [5.74, 6) is 0.878. The van der Waals surface area contributed by atoms with E-state index in [1.165, 1.54) is 0 Å². The number of ketones is 1. The molecule has 0 aliphatic heterocycles. The molecule has 3 rings (SSSR count). The van der Waals surface area contributed by atoms with Crippen molar-refractivity contribution >= 4 is 16.8 Å². The molecule has 0 bridgehead atoms. The monoisotopic (exact) mass is 280 g/mol. The van der Waals surface area contributed by atoms with Crippen molar-refractivity contribution in [3.63, 3.8) is 0 Å². The van der Waals surface area contributed by atoms with Gasteiger partial charge in [0, 0.05) is 5.39 Å². The van der Waals surface area contributed by atoms with Crippen LogP contribution in [0, 0.1) is 13.8 Å². The van der Waals surface area contributed by atoms with E-state index in [4.69, 9.17) is 9.15 Å². The lowest BCUT2D eigenvalue weighted by atomic mass is 10.1. The highest BCUT2D eigenvalue weighted by molar-refractivity contribution is 5.98. The minimum atomic E-state index is -0.162. The Morgan fingerprint density at radius 2 is 1.76 bits per heavy atom. The fraction of sp³-hybridized carbons (Fsp3) is 0.167. The van der Waals surface area contributed by atoms with Crippen molar-refractivity contribution in [1.82, 2.24) is 0 Å². The highest BCUT2D eigenvalue weighted by Crippen LogP contribution is 2.20. The molecule has 0 atom stereocenters. The minimum Gasteiger partial charge on any atom is -0.485 e. The molecule has 1 heterocycles. The molecule has 106 valence electrons. The van der Waals surface area contributed by atoms with Gasteiger partial charge in [-0.1, -0.05) is 24.3 Å². The third-order valence-corrected chi connectivity index (χ3v) is 3.27. The van der Waals surface area contributed by atoms with Crippen LogP contribution in [0.25, 0.3) is 11.0 Å². The number of carbonyl (C=O) groups is 1. The van der Waals surface area contributed by atoms with E-state index in [0.717, 1.165) is 16.5 Å². The van der Waals surface area contributed by atoms with Crippen LogP contribution in [0.3, 0.4) is 0 Å². The molecule has 0 saturated carbocycles. The summed E-state index contributed by atoms with van der Waals surface area (Å²) in [7, 11) is 0. The number of carbonyl (C=O) groups excluding carboxylic acids is 1. The van der Waals surface area contributed by atoms with E-state index in [1.54, 1.807) is 6.07 Å². The predicted octanol–water partition coefficient (Wildman–Crippen LogP) is 4.31. The molecular weight excluding hydrogens is 264 g/mol. The van der Waals surface area contributed by atoms with Gasteiger partial charge in [0.25, 0.3) is 0 Å². The first-order valence-corrected chi connectivity index (χ1v) is 6.85. The van der Waals surface area contributed by atoms with Gasteiger partial charge in [-0.2, -0.15) is 0 Å². The summed E-state index contributed by atoms with van der Waals surface area (Å²) in [6.45, 7) is 3.98. The SMILES string of the molecule is Cc1cc(C)cc(OCC(=O)c2cc3ccccc3o2)c1. The smallest absolute Gasteiger partial charge is 0.235 e. The van der Waals surface area contributed by atoms with E-state index in [1.807, 2.05) is 50.2 Å². The second kappa shape index (κ2) is 5.44. The summed E-state index contributed by atoms with van der Waals surface area (Å²) in [6.07, 6.45) is 0. The van der Waals surface area contributed by atoms with Crippen LogP contribution in [-0.4, -0.2) is 12.4 Å². The number of hydrogen-bond acceptors (Lipinski definition) is 3. The largest absolute Gasteiger partial charge is 0.485 e. The lowest BCUT2D eigenvalue weighted by Crippen LogP contribution is -2.10. The van der Waals surface area contributed by atoms with Gasteiger partial charge in [0.2, 0.25) is 5.78 Å². The fourth-order valence-corrected chi connectivity index (χ4v) is 2.36. The van der Waals surface area contributed by atoms with Crippen molar-refractivity contribution in [2.75, 3.05) is 6.61 Å². The van der Waals surface area contributed by atoms with Gasteiger partial charge in [-0.25, -0.2) is 0 Å². The third-order valence-electron chi connectivity index (χ3n) is 3.27. The number of aryl methyl sites for hydroxylation is 2. The Hall–Kier alpha value is -2.55. The standard InChI is InChI=1S/C18H16O3/c1-12-7-13(2)9-15(8-12)20-11-16(19)18-10-14-5-3-4-6-17(14)21-18/h3-10H,11H2,1-2H3. The second-order valence-corrected chi connectivity index (χ2v) is 5.18. The van der Waals surface area contributed by atoms with Crippen molar-refractivity contribution < 1.29 is 13.9 Å². The highest BCUT2D eigenvalue weighted by atomic mass is 16.5. The summed E-state index contributed by atoms with van der Waals surface area (Å²) in [6, 6.07) is 15.2. The maximum Gasteiger partial charge on any atom is 0.235 e. The van der Waals surface area contributed by atoms with E-state index in [0.29, 0.717) is 17.1 Å². The van der Waals surface area contributed by atoms with Crippen molar-refractivity contribution in [3.8, 4) is 5.75 Å². The summed E-state index contributed by atoms with van der Waals surface area (Å²) >= 11 is 0. The summed E-state index contributed by atoms with van der Waals surface area (Å²) in [4.78, 5) is 12.1. The van der Waals surface area contributed by atoms with Gasteiger partial charge < -0.3 is 9.15 Å². The molecule has 0 aliphatic carbocycles. The number of para-hydroxylation sites is 1. The number of Topliss-reactive ketones (excluding diaryl/α,β-unsaturated/α-hetero) is 1. The van der Waals surface area contributed by atoms with E-state index in [9.17, 15) is 4.79 Å². The van der Waals surface area contributed by atoms with Gasteiger partial charge in [-0.3, -0.25) is 4.79 Å². The first-order chi connectivity index (χ1) is 10.1.